The van der Waals surface area contributed by atoms with E-state index in [1.807, 2.05) is 13.8 Å². The molecule has 0 saturated carbocycles. The standard InChI is InChI=1S/C11H19N3O2S.ClH/c1-8(2)16-6-5-13-11(15)9-7-17-10(14-9)3-4-12;/h7-8H,3-6,12H2,1-2H3,(H,13,15);1H. The van der Waals surface area contributed by atoms with Gasteiger partial charge in [-0.3, -0.25) is 4.79 Å². The molecule has 0 aliphatic heterocycles. The van der Waals surface area contributed by atoms with Crippen molar-refractivity contribution in [1.82, 2.24) is 10.3 Å². The molecular formula is C11H20ClN3O2S. The van der Waals surface area contributed by atoms with Crippen molar-refractivity contribution in [2.45, 2.75) is 26.4 Å². The maximum Gasteiger partial charge on any atom is 0.270 e. The van der Waals surface area contributed by atoms with Crippen molar-refractivity contribution in [3.8, 4) is 0 Å². The summed E-state index contributed by atoms with van der Waals surface area (Å²) in [5.74, 6) is -0.156. The fourth-order valence-electron chi connectivity index (χ4n) is 1.20. The molecule has 7 heteroatoms. The molecule has 1 aromatic heterocycles. The Hall–Kier alpha value is -0.690. The van der Waals surface area contributed by atoms with Gasteiger partial charge in [0.2, 0.25) is 0 Å². The Morgan fingerprint density at radius 1 is 1.61 bits per heavy atom. The van der Waals surface area contributed by atoms with Crippen LogP contribution in [0.5, 0.6) is 0 Å². The molecular weight excluding hydrogens is 274 g/mol. The number of thiazole rings is 1. The summed E-state index contributed by atoms with van der Waals surface area (Å²) in [7, 11) is 0. The molecule has 18 heavy (non-hydrogen) atoms. The topological polar surface area (TPSA) is 77.2 Å². The van der Waals surface area contributed by atoms with Gasteiger partial charge in [0.15, 0.2) is 0 Å². The summed E-state index contributed by atoms with van der Waals surface area (Å²) < 4.78 is 5.32. The lowest BCUT2D eigenvalue weighted by atomic mass is 10.4. The predicted molar refractivity (Wildman–Crippen MR) is 75.5 cm³/mol. The van der Waals surface area contributed by atoms with Gasteiger partial charge in [0.05, 0.1) is 17.7 Å². The number of nitrogens with zero attached hydrogens (tertiary/aromatic N) is 1. The van der Waals surface area contributed by atoms with Crippen molar-refractivity contribution in [3.05, 3.63) is 16.1 Å². The Kier molecular flexibility index (Phi) is 8.91. The van der Waals surface area contributed by atoms with Crippen molar-refractivity contribution < 1.29 is 9.53 Å². The Balaban J connectivity index is 0.00000289. The molecule has 0 aliphatic rings. The second kappa shape index (κ2) is 9.27. The van der Waals surface area contributed by atoms with Crippen LogP contribution in [0.15, 0.2) is 5.38 Å². The summed E-state index contributed by atoms with van der Waals surface area (Å²) in [5, 5.41) is 5.41. The number of rotatable bonds is 7. The average molecular weight is 294 g/mol. The minimum Gasteiger partial charge on any atom is -0.377 e. The third-order valence-electron chi connectivity index (χ3n) is 1.98. The number of hydrogen-bond donors (Lipinski definition) is 2. The van der Waals surface area contributed by atoms with E-state index in [9.17, 15) is 4.79 Å². The highest BCUT2D eigenvalue weighted by atomic mass is 35.5. The van der Waals surface area contributed by atoms with Crippen LogP contribution in [0.25, 0.3) is 0 Å². The highest BCUT2D eigenvalue weighted by Crippen LogP contribution is 2.09. The molecule has 0 spiro atoms. The minimum atomic E-state index is -0.156. The van der Waals surface area contributed by atoms with Gasteiger partial charge < -0.3 is 15.8 Å². The smallest absolute Gasteiger partial charge is 0.270 e. The van der Waals surface area contributed by atoms with Gasteiger partial charge >= 0.3 is 0 Å². The van der Waals surface area contributed by atoms with Crippen LogP contribution in [0.1, 0.15) is 29.3 Å². The Bertz CT molecular complexity index is 358. The van der Waals surface area contributed by atoms with Crippen molar-refractivity contribution >= 4 is 29.7 Å². The SMILES string of the molecule is CC(C)OCCNC(=O)c1csc(CCN)n1.Cl. The molecule has 5 nitrogen and oxygen atoms in total. The van der Waals surface area contributed by atoms with Crippen LogP contribution in [0.3, 0.4) is 0 Å². The van der Waals surface area contributed by atoms with E-state index < -0.39 is 0 Å². The summed E-state index contributed by atoms with van der Waals surface area (Å²) in [6.45, 7) is 5.49. The Morgan fingerprint density at radius 3 is 2.94 bits per heavy atom. The van der Waals surface area contributed by atoms with E-state index in [-0.39, 0.29) is 24.4 Å². The highest BCUT2D eigenvalue weighted by molar-refractivity contribution is 7.09. The Morgan fingerprint density at radius 2 is 2.33 bits per heavy atom. The van der Waals surface area contributed by atoms with E-state index >= 15 is 0 Å². The fourth-order valence-corrected chi connectivity index (χ4v) is 2.00. The molecule has 0 saturated heterocycles. The summed E-state index contributed by atoms with van der Waals surface area (Å²) in [5.41, 5.74) is 5.88. The molecule has 3 N–H and O–H groups in total. The summed E-state index contributed by atoms with van der Waals surface area (Å²) in [6.07, 6.45) is 0.899. The molecule has 0 aromatic carbocycles. The second-order valence-electron chi connectivity index (χ2n) is 3.84. The van der Waals surface area contributed by atoms with Gasteiger partial charge in [-0.15, -0.1) is 23.7 Å². The van der Waals surface area contributed by atoms with E-state index in [1.54, 1.807) is 5.38 Å². The van der Waals surface area contributed by atoms with Gasteiger partial charge in [0.25, 0.3) is 5.91 Å². The second-order valence-corrected chi connectivity index (χ2v) is 4.78. The zero-order valence-corrected chi connectivity index (χ0v) is 12.3. The van der Waals surface area contributed by atoms with Crippen LogP contribution in [-0.4, -0.2) is 36.7 Å². The third kappa shape index (κ3) is 6.30. The number of hydrogen-bond acceptors (Lipinski definition) is 5. The van der Waals surface area contributed by atoms with Crippen molar-refractivity contribution in [2.75, 3.05) is 19.7 Å². The molecule has 104 valence electrons. The van der Waals surface area contributed by atoms with Gasteiger partial charge in [-0.05, 0) is 20.4 Å². The van der Waals surface area contributed by atoms with E-state index in [2.05, 4.69) is 10.3 Å². The van der Waals surface area contributed by atoms with Crippen molar-refractivity contribution in [3.63, 3.8) is 0 Å². The van der Waals surface area contributed by atoms with Crippen molar-refractivity contribution in [1.29, 1.82) is 0 Å². The van der Waals surface area contributed by atoms with Gasteiger partial charge in [-0.2, -0.15) is 0 Å². The largest absolute Gasteiger partial charge is 0.377 e. The molecule has 0 fully saturated rings. The first-order valence-corrected chi connectivity index (χ1v) is 6.55. The molecule has 0 aliphatic carbocycles. The van der Waals surface area contributed by atoms with E-state index in [1.165, 1.54) is 11.3 Å². The van der Waals surface area contributed by atoms with Gasteiger partial charge in [0, 0.05) is 18.3 Å². The third-order valence-corrected chi connectivity index (χ3v) is 2.89. The van der Waals surface area contributed by atoms with Gasteiger partial charge in [-0.25, -0.2) is 4.98 Å². The minimum absolute atomic E-state index is 0. The molecule has 0 radical (unpaired) electrons. The zero-order chi connectivity index (χ0) is 12.7. The summed E-state index contributed by atoms with van der Waals surface area (Å²) in [4.78, 5) is 15.9. The summed E-state index contributed by atoms with van der Waals surface area (Å²) >= 11 is 1.46. The fraction of sp³-hybridized carbons (Fsp3) is 0.636. The zero-order valence-electron chi connectivity index (χ0n) is 10.6. The lowest BCUT2D eigenvalue weighted by Crippen LogP contribution is -2.28. The quantitative estimate of drug-likeness (QED) is 0.741. The summed E-state index contributed by atoms with van der Waals surface area (Å²) in [6, 6.07) is 0. The molecule has 1 amide bonds. The molecule has 1 aromatic rings. The molecule has 1 rings (SSSR count). The number of carbonyl (C=O) groups excluding carboxylic acids is 1. The average Bonchev–Trinajstić information content (AvgIpc) is 2.73. The maximum atomic E-state index is 11.7. The van der Waals surface area contributed by atoms with Crippen LogP contribution < -0.4 is 11.1 Å². The first kappa shape index (κ1) is 17.3. The number of nitrogens with two attached hydrogens (primary N) is 1. The number of nitrogens with one attached hydrogen (secondary N) is 1. The van der Waals surface area contributed by atoms with Crippen LogP contribution >= 0.6 is 23.7 Å². The number of halogens is 1. The normalized spacial score (nSPS) is 10.2. The monoisotopic (exact) mass is 293 g/mol. The maximum absolute atomic E-state index is 11.7. The van der Waals surface area contributed by atoms with Gasteiger partial charge in [-0.1, -0.05) is 0 Å². The van der Waals surface area contributed by atoms with E-state index in [0.717, 1.165) is 5.01 Å². The number of amides is 1. The van der Waals surface area contributed by atoms with Crippen LogP contribution in [0, 0.1) is 0 Å². The molecule has 0 unspecified atom stereocenters. The number of aromatic nitrogens is 1. The van der Waals surface area contributed by atoms with Gasteiger partial charge in [0.1, 0.15) is 5.69 Å². The van der Waals surface area contributed by atoms with E-state index in [4.69, 9.17) is 10.5 Å². The predicted octanol–water partition coefficient (Wildman–Crippen LogP) is 1.22. The molecule has 0 atom stereocenters. The molecule has 0 bridgehead atoms. The number of carbonyl (C=O) groups is 1. The number of ether oxygens (including phenoxy) is 1. The van der Waals surface area contributed by atoms with Crippen LogP contribution in [-0.2, 0) is 11.2 Å². The first-order valence-electron chi connectivity index (χ1n) is 5.67. The highest BCUT2D eigenvalue weighted by Gasteiger charge is 2.09. The Labute approximate surface area is 118 Å². The first-order chi connectivity index (χ1) is 8.13. The lowest BCUT2D eigenvalue weighted by molar-refractivity contribution is 0.0745. The lowest BCUT2D eigenvalue weighted by Gasteiger charge is -2.07. The molecule has 1 heterocycles. The van der Waals surface area contributed by atoms with E-state index in [0.29, 0.717) is 31.8 Å². The van der Waals surface area contributed by atoms with Crippen LogP contribution in [0.2, 0.25) is 0 Å². The van der Waals surface area contributed by atoms with Crippen LogP contribution in [0.4, 0.5) is 0 Å². The van der Waals surface area contributed by atoms with Crippen molar-refractivity contribution in [2.24, 2.45) is 5.73 Å².